The minimum Gasteiger partial charge on any atom is -0.464 e. The van der Waals surface area contributed by atoms with Gasteiger partial charge in [0.15, 0.2) is 5.69 Å². The molecule has 0 radical (unpaired) electrons. The Labute approximate surface area is 159 Å². The number of hydrogen-bond donors (Lipinski definition) is 2. The van der Waals surface area contributed by atoms with Crippen molar-refractivity contribution in [2.45, 2.75) is 51.5 Å². The van der Waals surface area contributed by atoms with Gasteiger partial charge in [-0.15, -0.1) is 5.10 Å². The number of aliphatic hydroxyl groups excluding tert-OH is 1. The summed E-state index contributed by atoms with van der Waals surface area (Å²) in [7, 11) is 1.27. The Morgan fingerprint density at radius 2 is 2.21 bits per heavy atom. The molecule has 0 unspecified atom stereocenters. The number of rotatable bonds is 6. The number of hydrogen-bond acceptors (Lipinski definition) is 8. The van der Waals surface area contributed by atoms with Crippen molar-refractivity contribution in [1.82, 2.24) is 24.5 Å². The van der Waals surface area contributed by atoms with Gasteiger partial charge in [0.2, 0.25) is 0 Å². The monoisotopic (exact) mass is 393 g/mol. The molecule has 0 aromatic carbocycles. The van der Waals surface area contributed by atoms with E-state index >= 15 is 0 Å². The molecule has 1 fully saturated rings. The van der Waals surface area contributed by atoms with E-state index in [1.54, 1.807) is 11.6 Å². The molecule has 3 heterocycles. The molecule has 1 saturated heterocycles. The number of carbonyl (C=O) groups excluding carboxylic acids is 1. The van der Waals surface area contributed by atoms with Gasteiger partial charge in [-0.1, -0.05) is 18.6 Å². The van der Waals surface area contributed by atoms with E-state index in [1.165, 1.54) is 17.9 Å². The number of aromatic amines is 1. The third-order valence-electron chi connectivity index (χ3n) is 4.81. The van der Waals surface area contributed by atoms with Crippen molar-refractivity contribution >= 4 is 5.97 Å². The Morgan fingerprint density at radius 1 is 1.46 bits per heavy atom. The maximum Gasteiger partial charge on any atom is 0.360 e. The van der Waals surface area contributed by atoms with Crippen LogP contribution in [0, 0.1) is 6.92 Å². The average Bonchev–Trinajstić information content (AvgIpc) is 3.28. The molecule has 1 aliphatic heterocycles. The predicted molar refractivity (Wildman–Crippen MR) is 96.1 cm³/mol. The highest BCUT2D eigenvalue weighted by molar-refractivity contribution is 5.88. The maximum absolute atomic E-state index is 12.2. The molecule has 152 valence electrons. The second-order valence-corrected chi connectivity index (χ2v) is 6.66. The van der Waals surface area contributed by atoms with Gasteiger partial charge in [-0.05, 0) is 13.3 Å². The highest BCUT2D eigenvalue weighted by Gasteiger charge is 2.40. The van der Waals surface area contributed by atoms with Crippen LogP contribution < -0.4 is 11.2 Å². The Bertz CT molecular complexity index is 977. The molecule has 3 atom stereocenters. The topological polar surface area (TPSA) is 141 Å². The molecule has 0 amide bonds. The molecule has 0 saturated carbocycles. The van der Waals surface area contributed by atoms with Gasteiger partial charge >= 0.3 is 11.7 Å². The zero-order valence-electron chi connectivity index (χ0n) is 15.9. The van der Waals surface area contributed by atoms with Crippen molar-refractivity contribution in [1.29, 1.82) is 0 Å². The molecule has 2 N–H and O–H groups in total. The van der Waals surface area contributed by atoms with Gasteiger partial charge in [0.05, 0.1) is 25.5 Å². The lowest BCUT2D eigenvalue weighted by atomic mass is 10.1. The third kappa shape index (κ3) is 3.50. The first-order valence-corrected chi connectivity index (χ1v) is 9.02. The van der Waals surface area contributed by atoms with Crippen molar-refractivity contribution < 1.29 is 19.4 Å². The van der Waals surface area contributed by atoms with E-state index in [0.717, 1.165) is 6.42 Å². The molecule has 28 heavy (non-hydrogen) atoms. The third-order valence-corrected chi connectivity index (χ3v) is 4.81. The highest BCUT2D eigenvalue weighted by atomic mass is 16.5. The summed E-state index contributed by atoms with van der Waals surface area (Å²) in [6.45, 7) is 3.24. The van der Waals surface area contributed by atoms with Gasteiger partial charge in [-0.25, -0.2) is 14.3 Å². The molecule has 0 bridgehead atoms. The SMILES string of the molecule is CCCc1c(C(=O)OC)nnn1[C@H]1C[C@H](n2cc(C)c(=O)[nH]c2=O)O[C@@H]1CO. The lowest BCUT2D eigenvalue weighted by Crippen LogP contribution is -2.33. The number of ether oxygens (including phenoxy) is 2. The van der Waals surface area contributed by atoms with E-state index in [0.29, 0.717) is 24.1 Å². The first-order valence-electron chi connectivity index (χ1n) is 9.02. The molecule has 0 spiro atoms. The van der Waals surface area contributed by atoms with Gasteiger partial charge < -0.3 is 14.6 Å². The van der Waals surface area contributed by atoms with Crippen LogP contribution in [0.2, 0.25) is 0 Å². The van der Waals surface area contributed by atoms with Gasteiger partial charge in [-0.2, -0.15) is 0 Å². The fourth-order valence-corrected chi connectivity index (χ4v) is 3.41. The fourth-order valence-electron chi connectivity index (χ4n) is 3.41. The molecular formula is C17H23N5O6. The summed E-state index contributed by atoms with van der Waals surface area (Å²) in [6.07, 6.45) is 1.65. The number of carbonyl (C=O) groups is 1. The summed E-state index contributed by atoms with van der Waals surface area (Å²) in [6, 6.07) is -0.443. The number of nitrogens with one attached hydrogen (secondary N) is 1. The first kappa shape index (κ1) is 20.0. The fraction of sp³-hybridized carbons (Fsp3) is 0.588. The molecule has 11 nitrogen and oxygen atoms in total. The number of esters is 1. The Morgan fingerprint density at radius 3 is 2.86 bits per heavy atom. The van der Waals surface area contributed by atoms with Gasteiger partial charge in [0, 0.05) is 18.2 Å². The van der Waals surface area contributed by atoms with E-state index in [1.807, 2.05) is 6.92 Å². The van der Waals surface area contributed by atoms with Crippen LogP contribution in [0.5, 0.6) is 0 Å². The van der Waals surface area contributed by atoms with Gasteiger partial charge in [-0.3, -0.25) is 14.3 Å². The average molecular weight is 393 g/mol. The van der Waals surface area contributed by atoms with E-state index in [-0.39, 0.29) is 12.3 Å². The predicted octanol–water partition coefficient (Wildman–Crippen LogP) is -0.303. The van der Waals surface area contributed by atoms with Crippen LogP contribution in [-0.4, -0.2) is 55.4 Å². The number of nitrogens with zero attached hydrogens (tertiary/aromatic N) is 4. The van der Waals surface area contributed by atoms with Crippen LogP contribution in [0.25, 0.3) is 0 Å². The van der Waals surface area contributed by atoms with E-state index in [9.17, 15) is 19.5 Å². The summed E-state index contributed by atoms with van der Waals surface area (Å²) < 4.78 is 13.5. The molecule has 2 aromatic heterocycles. The summed E-state index contributed by atoms with van der Waals surface area (Å²) in [4.78, 5) is 38.0. The van der Waals surface area contributed by atoms with Crippen LogP contribution in [0.1, 0.15) is 53.8 Å². The zero-order valence-corrected chi connectivity index (χ0v) is 15.9. The molecule has 0 aliphatic carbocycles. The number of aryl methyl sites for hydroxylation is 1. The van der Waals surface area contributed by atoms with Crippen molar-refractivity contribution in [2.24, 2.45) is 0 Å². The van der Waals surface area contributed by atoms with Crippen LogP contribution in [0.4, 0.5) is 0 Å². The number of H-pyrrole nitrogens is 1. The molecule has 2 aromatic rings. The summed E-state index contributed by atoms with van der Waals surface area (Å²) >= 11 is 0. The van der Waals surface area contributed by atoms with Gasteiger partial charge in [0.25, 0.3) is 5.56 Å². The van der Waals surface area contributed by atoms with Crippen molar-refractivity contribution in [3.8, 4) is 0 Å². The summed E-state index contributed by atoms with van der Waals surface area (Å²) in [5, 5.41) is 17.8. The van der Waals surface area contributed by atoms with Crippen molar-refractivity contribution in [2.75, 3.05) is 13.7 Å². The van der Waals surface area contributed by atoms with Crippen molar-refractivity contribution in [3.63, 3.8) is 0 Å². The Balaban J connectivity index is 1.98. The minimum absolute atomic E-state index is 0.126. The first-order chi connectivity index (χ1) is 13.4. The Kier molecular flexibility index (Phi) is 5.75. The van der Waals surface area contributed by atoms with Crippen molar-refractivity contribution in [3.05, 3.63) is 44.0 Å². The second kappa shape index (κ2) is 8.07. The zero-order chi connectivity index (χ0) is 20.4. The second-order valence-electron chi connectivity index (χ2n) is 6.66. The molecule has 11 heteroatoms. The summed E-state index contributed by atoms with van der Waals surface area (Å²) in [5.74, 6) is -0.585. The Hall–Kier alpha value is -2.79. The molecular weight excluding hydrogens is 370 g/mol. The van der Waals surface area contributed by atoms with E-state index in [2.05, 4.69) is 15.3 Å². The standard InChI is InChI=1S/C17H23N5O6/c1-4-5-10-14(16(25)27-3)19-20-22(10)11-6-13(28-12(11)8-23)21-7-9(2)15(24)18-17(21)26/h7,11-13,23H,4-6,8H2,1-3H3,(H,18,24,26)/t11-,12+,13+/m0/s1. The highest BCUT2D eigenvalue weighted by Crippen LogP contribution is 2.36. The smallest absolute Gasteiger partial charge is 0.360 e. The number of aromatic nitrogens is 5. The number of methoxy groups -OCH3 is 1. The van der Waals surface area contributed by atoms with E-state index in [4.69, 9.17) is 9.47 Å². The van der Waals surface area contributed by atoms with E-state index < -0.39 is 35.6 Å². The largest absolute Gasteiger partial charge is 0.464 e. The quantitative estimate of drug-likeness (QED) is 0.637. The molecule has 3 rings (SSSR count). The van der Waals surface area contributed by atoms with Crippen LogP contribution >= 0.6 is 0 Å². The van der Waals surface area contributed by atoms with Gasteiger partial charge in [0.1, 0.15) is 12.3 Å². The van der Waals surface area contributed by atoms with Crippen LogP contribution in [-0.2, 0) is 15.9 Å². The number of aliphatic hydroxyl groups is 1. The summed E-state index contributed by atoms with van der Waals surface area (Å²) in [5.41, 5.74) is 0.0282. The lowest BCUT2D eigenvalue weighted by Gasteiger charge is -2.18. The molecule has 1 aliphatic rings. The normalized spacial score (nSPS) is 21.8. The maximum atomic E-state index is 12.2. The lowest BCUT2D eigenvalue weighted by molar-refractivity contribution is -0.0325. The van der Waals surface area contributed by atoms with Crippen LogP contribution in [0.15, 0.2) is 15.8 Å². The van der Waals surface area contributed by atoms with Crippen LogP contribution in [0.3, 0.4) is 0 Å². The minimum atomic E-state index is -0.703.